The van der Waals surface area contributed by atoms with Gasteiger partial charge in [0.2, 0.25) is 0 Å². The maximum Gasteiger partial charge on any atom is 0.319 e. The van der Waals surface area contributed by atoms with Gasteiger partial charge >= 0.3 is 6.03 Å². The predicted molar refractivity (Wildman–Crippen MR) is 95.6 cm³/mol. The van der Waals surface area contributed by atoms with Crippen molar-refractivity contribution in [3.63, 3.8) is 0 Å². The van der Waals surface area contributed by atoms with E-state index in [1.54, 1.807) is 32.4 Å². The summed E-state index contributed by atoms with van der Waals surface area (Å²) in [5.41, 5.74) is 3.41. The number of aromatic hydroxyl groups is 1. The molecule has 3 rings (SSSR count). The maximum atomic E-state index is 12.4. The number of anilines is 1. The van der Waals surface area contributed by atoms with E-state index in [0.29, 0.717) is 17.2 Å². The monoisotopic (exact) mass is 342 g/mol. The molecule has 0 heterocycles. The zero-order valence-electron chi connectivity index (χ0n) is 14.6. The molecule has 2 aromatic rings. The Bertz CT molecular complexity index is 804. The van der Waals surface area contributed by atoms with Crippen LogP contribution in [0.2, 0.25) is 0 Å². The summed E-state index contributed by atoms with van der Waals surface area (Å²) in [6, 6.07) is 8.56. The van der Waals surface area contributed by atoms with Crippen molar-refractivity contribution in [2.24, 2.45) is 0 Å². The zero-order chi connectivity index (χ0) is 18.0. The van der Waals surface area contributed by atoms with Crippen molar-refractivity contribution < 1.29 is 19.4 Å². The lowest BCUT2D eigenvalue weighted by molar-refractivity contribution is 0.248. The molecular formula is C19H22N2O4. The highest BCUT2D eigenvalue weighted by Crippen LogP contribution is 2.36. The third-order valence-corrected chi connectivity index (χ3v) is 4.53. The first-order valence-electron chi connectivity index (χ1n) is 8.14. The molecule has 3 N–H and O–H groups in total. The average molecular weight is 342 g/mol. The minimum atomic E-state index is -0.295. The molecular weight excluding hydrogens is 320 g/mol. The molecule has 0 fully saturated rings. The van der Waals surface area contributed by atoms with Crippen molar-refractivity contribution in [3.8, 4) is 17.2 Å². The van der Waals surface area contributed by atoms with Crippen molar-refractivity contribution in [1.29, 1.82) is 0 Å². The molecule has 1 atom stereocenters. The lowest BCUT2D eigenvalue weighted by Gasteiger charge is -2.17. The second kappa shape index (κ2) is 6.93. The van der Waals surface area contributed by atoms with Crippen LogP contribution in [0.1, 0.15) is 29.2 Å². The highest BCUT2D eigenvalue weighted by Gasteiger charge is 2.26. The molecule has 132 valence electrons. The molecule has 0 unspecified atom stereocenters. The molecule has 6 nitrogen and oxygen atoms in total. The van der Waals surface area contributed by atoms with Gasteiger partial charge in [0, 0.05) is 11.8 Å². The summed E-state index contributed by atoms with van der Waals surface area (Å²) in [6.45, 7) is 1.89. The second-order valence-corrected chi connectivity index (χ2v) is 6.06. The summed E-state index contributed by atoms with van der Waals surface area (Å²) < 4.78 is 10.5. The standard InChI is InChI=1S/C19H22N2O4/c1-11-9-17(24-2)18(25-3)10-15(11)21-19(23)20-14-8-7-13-12(14)5-4-6-16(13)22/h4-6,9-10,14,22H,7-8H2,1-3H3,(H2,20,21,23)/t14-/m0/s1. The molecule has 2 amide bonds. The molecule has 0 aromatic heterocycles. The maximum absolute atomic E-state index is 12.4. The second-order valence-electron chi connectivity index (χ2n) is 6.06. The van der Waals surface area contributed by atoms with Crippen molar-refractivity contribution in [1.82, 2.24) is 5.32 Å². The minimum Gasteiger partial charge on any atom is -0.508 e. The average Bonchev–Trinajstić information content (AvgIpc) is 3.00. The number of ether oxygens (including phenoxy) is 2. The van der Waals surface area contributed by atoms with Gasteiger partial charge in [0.25, 0.3) is 0 Å². The molecule has 0 saturated heterocycles. The van der Waals surface area contributed by atoms with Crippen LogP contribution in [0.15, 0.2) is 30.3 Å². The summed E-state index contributed by atoms with van der Waals surface area (Å²) >= 11 is 0. The molecule has 0 bridgehead atoms. The van der Waals surface area contributed by atoms with Gasteiger partial charge < -0.3 is 25.2 Å². The highest BCUT2D eigenvalue weighted by molar-refractivity contribution is 5.91. The topological polar surface area (TPSA) is 79.8 Å². The van der Waals surface area contributed by atoms with E-state index in [0.717, 1.165) is 29.5 Å². The summed E-state index contributed by atoms with van der Waals surface area (Å²) in [5.74, 6) is 1.46. The molecule has 1 aliphatic rings. The fourth-order valence-electron chi connectivity index (χ4n) is 3.22. The number of nitrogens with one attached hydrogen (secondary N) is 2. The number of benzene rings is 2. The van der Waals surface area contributed by atoms with Gasteiger partial charge in [-0.1, -0.05) is 12.1 Å². The van der Waals surface area contributed by atoms with Gasteiger partial charge in [-0.15, -0.1) is 0 Å². The van der Waals surface area contributed by atoms with Crippen LogP contribution in [0, 0.1) is 6.92 Å². The first-order valence-corrected chi connectivity index (χ1v) is 8.14. The van der Waals surface area contributed by atoms with E-state index in [-0.39, 0.29) is 17.8 Å². The molecule has 0 saturated carbocycles. The molecule has 0 aliphatic heterocycles. The summed E-state index contributed by atoms with van der Waals surface area (Å²) in [4.78, 5) is 12.4. The number of amides is 2. The van der Waals surface area contributed by atoms with Gasteiger partial charge in [0.05, 0.1) is 20.3 Å². The number of phenols is 1. The number of rotatable bonds is 4. The number of fused-ring (bicyclic) bond motifs is 1. The fraction of sp³-hybridized carbons (Fsp3) is 0.316. The number of hydrogen-bond donors (Lipinski definition) is 3. The Morgan fingerprint density at radius 3 is 2.64 bits per heavy atom. The molecule has 6 heteroatoms. The molecule has 1 aliphatic carbocycles. The number of aryl methyl sites for hydroxylation is 1. The van der Waals surface area contributed by atoms with Gasteiger partial charge in [-0.05, 0) is 48.6 Å². The minimum absolute atomic E-state index is 0.109. The Kier molecular flexibility index (Phi) is 4.70. The van der Waals surface area contributed by atoms with E-state index in [4.69, 9.17) is 9.47 Å². The number of hydrogen-bond acceptors (Lipinski definition) is 4. The molecule has 2 aromatic carbocycles. The SMILES string of the molecule is COc1cc(C)c(NC(=O)N[C@H]2CCc3c(O)cccc32)cc1OC. The van der Waals surface area contributed by atoms with Gasteiger partial charge in [-0.25, -0.2) is 4.79 Å². The number of urea groups is 1. The van der Waals surface area contributed by atoms with Crippen LogP contribution in [0.25, 0.3) is 0 Å². The van der Waals surface area contributed by atoms with Crippen LogP contribution in [0.3, 0.4) is 0 Å². The number of phenolic OH excluding ortho intramolecular Hbond substituents is 1. The third-order valence-electron chi connectivity index (χ3n) is 4.53. The van der Waals surface area contributed by atoms with Crippen LogP contribution in [0.5, 0.6) is 17.2 Å². The van der Waals surface area contributed by atoms with Crippen molar-refractivity contribution in [2.45, 2.75) is 25.8 Å². The van der Waals surface area contributed by atoms with Crippen LogP contribution >= 0.6 is 0 Å². The zero-order valence-corrected chi connectivity index (χ0v) is 14.6. The Morgan fingerprint density at radius 1 is 1.20 bits per heavy atom. The van der Waals surface area contributed by atoms with Crippen LogP contribution in [0.4, 0.5) is 10.5 Å². The molecule has 0 radical (unpaired) electrons. The normalized spacial score (nSPS) is 15.4. The van der Waals surface area contributed by atoms with Crippen molar-refractivity contribution in [2.75, 3.05) is 19.5 Å². The van der Waals surface area contributed by atoms with E-state index in [1.165, 1.54) is 0 Å². The Hall–Kier alpha value is -2.89. The lowest BCUT2D eigenvalue weighted by Crippen LogP contribution is -2.31. The van der Waals surface area contributed by atoms with Crippen molar-refractivity contribution in [3.05, 3.63) is 47.0 Å². The summed E-state index contributed by atoms with van der Waals surface area (Å²) in [5, 5.41) is 15.7. The summed E-state index contributed by atoms with van der Waals surface area (Å²) in [7, 11) is 3.13. The first-order chi connectivity index (χ1) is 12.0. The summed E-state index contributed by atoms with van der Waals surface area (Å²) in [6.07, 6.45) is 1.52. The number of carbonyl (C=O) groups is 1. The van der Waals surface area contributed by atoms with E-state index < -0.39 is 0 Å². The van der Waals surface area contributed by atoms with Crippen LogP contribution in [-0.2, 0) is 6.42 Å². The van der Waals surface area contributed by atoms with Gasteiger partial charge in [0.1, 0.15) is 5.75 Å². The van der Waals surface area contributed by atoms with Gasteiger partial charge in [-0.3, -0.25) is 0 Å². The number of carbonyl (C=O) groups excluding carboxylic acids is 1. The molecule has 0 spiro atoms. The largest absolute Gasteiger partial charge is 0.508 e. The van der Waals surface area contributed by atoms with Crippen molar-refractivity contribution >= 4 is 11.7 Å². The predicted octanol–water partition coefficient (Wildman–Crippen LogP) is 3.53. The Labute approximate surface area is 146 Å². The molecule has 25 heavy (non-hydrogen) atoms. The smallest absolute Gasteiger partial charge is 0.319 e. The van der Waals surface area contributed by atoms with Crippen LogP contribution in [-0.4, -0.2) is 25.4 Å². The van der Waals surface area contributed by atoms with E-state index in [9.17, 15) is 9.90 Å². The number of methoxy groups -OCH3 is 2. The van der Waals surface area contributed by atoms with E-state index >= 15 is 0 Å². The Balaban J connectivity index is 1.73. The third kappa shape index (κ3) is 3.33. The fourth-order valence-corrected chi connectivity index (χ4v) is 3.22. The first kappa shape index (κ1) is 17.0. The van der Waals surface area contributed by atoms with Gasteiger partial charge in [0.15, 0.2) is 11.5 Å². The van der Waals surface area contributed by atoms with E-state index in [1.807, 2.05) is 19.1 Å². The Morgan fingerprint density at radius 2 is 1.92 bits per heavy atom. The highest BCUT2D eigenvalue weighted by atomic mass is 16.5. The quantitative estimate of drug-likeness (QED) is 0.794. The van der Waals surface area contributed by atoms with Crippen LogP contribution < -0.4 is 20.1 Å². The van der Waals surface area contributed by atoms with Gasteiger partial charge in [-0.2, -0.15) is 0 Å². The van der Waals surface area contributed by atoms with E-state index in [2.05, 4.69) is 10.6 Å². The lowest BCUT2D eigenvalue weighted by atomic mass is 10.1.